The van der Waals surface area contributed by atoms with Gasteiger partial charge in [-0.3, -0.25) is 0 Å². The van der Waals surface area contributed by atoms with E-state index < -0.39 is 0 Å². The third-order valence-electron chi connectivity index (χ3n) is 3.98. The second-order valence-corrected chi connectivity index (χ2v) is 6.08. The van der Waals surface area contributed by atoms with Crippen molar-refractivity contribution in [3.8, 4) is 0 Å². The molecule has 0 saturated heterocycles. The predicted octanol–water partition coefficient (Wildman–Crippen LogP) is 3.74. The molecule has 0 radical (unpaired) electrons. The molecular weight excluding hydrogens is 246 g/mol. The summed E-state index contributed by atoms with van der Waals surface area (Å²) in [5.41, 5.74) is 4.09. The van der Waals surface area contributed by atoms with Crippen molar-refractivity contribution in [2.24, 2.45) is 5.92 Å². The van der Waals surface area contributed by atoms with Gasteiger partial charge in [-0.05, 0) is 62.3 Å². The van der Waals surface area contributed by atoms with Gasteiger partial charge in [-0.25, -0.2) is 0 Å². The summed E-state index contributed by atoms with van der Waals surface area (Å²) in [6, 6.07) is 11.7. The molecule has 0 spiro atoms. The highest BCUT2D eigenvalue weighted by atomic mass is 16.3. The van der Waals surface area contributed by atoms with E-state index in [4.69, 9.17) is 4.42 Å². The molecular formula is C18H23NO. The highest BCUT2D eigenvalue weighted by Crippen LogP contribution is 2.21. The van der Waals surface area contributed by atoms with Crippen molar-refractivity contribution < 1.29 is 4.42 Å². The maximum atomic E-state index is 5.20. The molecule has 0 bridgehead atoms. The van der Waals surface area contributed by atoms with Crippen LogP contribution in [0.3, 0.4) is 0 Å². The first kappa shape index (κ1) is 13.4. The van der Waals surface area contributed by atoms with Crippen LogP contribution in [0.1, 0.15) is 29.5 Å². The van der Waals surface area contributed by atoms with Crippen LogP contribution in [0.25, 0.3) is 0 Å². The van der Waals surface area contributed by atoms with Crippen molar-refractivity contribution in [2.45, 2.75) is 38.6 Å². The van der Waals surface area contributed by atoms with Gasteiger partial charge in [-0.2, -0.15) is 0 Å². The van der Waals surface area contributed by atoms with Crippen LogP contribution in [0.5, 0.6) is 0 Å². The van der Waals surface area contributed by atoms with E-state index in [1.807, 2.05) is 6.26 Å². The minimum Gasteiger partial charge on any atom is -0.472 e. The largest absolute Gasteiger partial charge is 0.472 e. The molecule has 20 heavy (non-hydrogen) atoms. The van der Waals surface area contributed by atoms with Crippen LogP contribution in [0.4, 0.5) is 0 Å². The van der Waals surface area contributed by atoms with Crippen LogP contribution in [0, 0.1) is 12.8 Å². The summed E-state index contributed by atoms with van der Waals surface area (Å²) in [6.07, 6.45) is 8.57. The lowest BCUT2D eigenvalue weighted by Crippen LogP contribution is -2.27. The monoisotopic (exact) mass is 269 g/mol. The van der Waals surface area contributed by atoms with Gasteiger partial charge in [0.1, 0.15) is 0 Å². The average Bonchev–Trinajstić information content (AvgIpc) is 3.12. The van der Waals surface area contributed by atoms with Crippen molar-refractivity contribution in [2.75, 3.05) is 6.54 Å². The summed E-state index contributed by atoms with van der Waals surface area (Å²) in [4.78, 5) is 0. The molecule has 1 aromatic heterocycles. The SMILES string of the molecule is Cc1cccc(CC(CNC2CC2)Cc2ccoc2)c1. The van der Waals surface area contributed by atoms with Crippen molar-refractivity contribution in [3.05, 3.63) is 59.5 Å². The Morgan fingerprint density at radius 1 is 1.20 bits per heavy atom. The summed E-state index contributed by atoms with van der Waals surface area (Å²) in [6.45, 7) is 3.26. The fourth-order valence-electron chi connectivity index (χ4n) is 2.75. The third kappa shape index (κ3) is 3.97. The van der Waals surface area contributed by atoms with Gasteiger partial charge in [0.15, 0.2) is 0 Å². The molecule has 1 unspecified atom stereocenters. The average molecular weight is 269 g/mol. The van der Waals surface area contributed by atoms with Gasteiger partial charge < -0.3 is 9.73 Å². The number of hydrogen-bond donors (Lipinski definition) is 1. The third-order valence-corrected chi connectivity index (χ3v) is 3.98. The minimum atomic E-state index is 0.634. The topological polar surface area (TPSA) is 25.2 Å². The van der Waals surface area contributed by atoms with Crippen molar-refractivity contribution in [1.82, 2.24) is 5.32 Å². The summed E-state index contributed by atoms with van der Waals surface area (Å²) in [5.74, 6) is 0.634. The molecule has 2 nitrogen and oxygen atoms in total. The molecule has 1 aliphatic rings. The van der Waals surface area contributed by atoms with Crippen LogP contribution in [0.15, 0.2) is 47.3 Å². The van der Waals surface area contributed by atoms with Crippen molar-refractivity contribution in [3.63, 3.8) is 0 Å². The lowest BCUT2D eigenvalue weighted by molar-refractivity contribution is 0.465. The van der Waals surface area contributed by atoms with Crippen molar-refractivity contribution in [1.29, 1.82) is 0 Å². The van der Waals surface area contributed by atoms with E-state index in [2.05, 4.69) is 42.6 Å². The fourth-order valence-corrected chi connectivity index (χ4v) is 2.75. The summed E-state index contributed by atoms with van der Waals surface area (Å²) in [5, 5.41) is 3.67. The van der Waals surface area contributed by atoms with Crippen LogP contribution in [0.2, 0.25) is 0 Å². The molecule has 1 heterocycles. The highest BCUT2D eigenvalue weighted by Gasteiger charge is 2.22. The molecule has 0 amide bonds. The zero-order valence-corrected chi connectivity index (χ0v) is 12.1. The first-order valence-electron chi connectivity index (χ1n) is 7.59. The van der Waals surface area contributed by atoms with E-state index >= 15 is 0 Å². The smallest absolute Gasteiger partial charge is 0.0934 e. The van der Waals surface area contributed by atoms with Crippen LogP contribution in [-0.2, 0) is 12.8 Å². The molecule has 1 aromatic carbocycles. The molecule has 1 fully saturated rings. The predicted molar refractivity (Wildman–Crippen MR) is 81.8 cm³/mol. The molecule has 3 rings (SSSR count). The maximum Gasteiger partial charge on any atom is 0.0934 e. The molecule has 0 aliphatic heterocycles. The zero-order valence-electron chi connectivity index (χ0n) is 12.1. The first-order chi connectivity index (χ1) is 9.79. The molecule has 2 aromatic rings. The van der Waals surface area contributed by atoms with E-state index in [0.717, 1.165) is 25.4 Å². The van der Waals surface area contributed by atoms with E-state index in [0.29, 0.717) is 5.92 Å². The van der Waals surface area contributed by atoms with E-state index in [1.54, 1.807) is 6.26 Å². The lowest BCUT2D eigenvalue weighted by atomic mass is 9.93. The Hall–Kier alpha value is -1.54. The zero-order chi connectivity index (χ0) is 13.8. The van der Waals surface area contributed by atoms with E-state index in [-0.39, 0.29) is 0 Å². The molecule has 1 N–H and O–H groups in total. The standard InChI is InChI=1S/C18H23NO/c1-14-3-2-4-15(9-14)10-17(12-19-18-5-6-18)11-16-7-8-20-13-16/h2-4,7-9,13,17-19H,5-6,10-12H2,1H3. The minimum absolute atomic E-state index is 0.634. The Balaban J connectivity index is 1.63. The van der Waals surface area contributed by atoms with Gasteiger partial charge in [0.2, 0.25) is 0 Å². The molecule has 1 atom stereocenters. The normalized spacial score (nSPS) is 16.2. The number of benzene rings is 1. The van der Waals surface area contributed by atoms with Gasteiger partial charge in [0.05, 0.1) is 12.5 Å². The molecule has 1 saturated carbocycles. The van der Waals surface area contributed by atoms with Gasteiger partial charge >= 0.3 is 0 Å². The Morgan fingerprint density at radius 3 is 2.75 bits per heavy atom. The van der Waals surface area contributed by atoms with Gasteiger partial charge in [0.25, 0.3) is 0 Å². The molecule has 2 heteroatoms. The Labute approximate surface area is 121 Å². The number of nitrogens with one attached hydrogen (secondary N) is 1. The van der Waals surface area contributed by atoms with E-state index in [9.17, 15) is 0 Å². The Morgan fingerprint density at radius 2 is 2.05 bits per heavy atom. The lowest BCUT2D eigenvalue weighted by Gasteiger charge is -2.17. The number of rotatable bonds is 7. The Bertz CT molecular complexity index is 528. The van der Waals surface area contributed by atoms with Crippen LogP contribution < -0.4 is 5.32 Å². The van der Waals surface area contributed by atoms with E-state index in [1.165, 1.54) is 29.5 Å². The van der Waals surface area contributed by atoms with Crippen LogP contribution >= 0.6 is 0 Å². The quantitative estimate of drug-likeness (QED) is 0.828. The maximum absolute atomic E-state index is 5.20. The highest BCUT2D eigenvalue weighted by molar-refractivity contribution is 5.23. The summed E-state index contributed by atoms with van der Waals surface area (Å²) in [7, 11) is 0. The second kappa shape index (κ2) is 6.27. The summed E-state index contributed by atoms with van der Waals surface area (Å²) < 4.78 is 5.20. The number of aryl methyl sites for hydroxylation is 1. The molecule has 1 aliphatic carbocycles. The van der Waals surface area contributed by atoms with Crippen LogP contribution in [-0.4, -0.2) is 12.6 Å². The van der Waals surface area contributed by atoms with Gasteiger partial charge in [0, 0.05) is 6.04 Å². The van der Waals surface area contributed by atoms with Crippen molar-refractivity contribution >= 4 is 0 Å². The van der Waals surface area contributed by atoms with Gasteiger partial charge in [-0.15, -0.1) is 0 Å². The fraction of sp³-hybridized carbons (Fsp3) is 0.444. The molecule has 106 valence electrons. The van der Waals surface area contributed by atoms with Gasteiger partial charge in [-0.1, -0.05) is 29.8 Å². The number of hydrogen-bond acceptors (Lipinski definition) is 2. The Kier molecular flexibility index (Phi) is 4.22. The second-order valence-electron chi connectivity index (χ2n) is 6.08. The summed E-state index contributed by atoms with van der Waals surface area (Å²) >= 11 is 0. The first-order valence-corrected chi connectivity index (χ1v) is 7.59. The number of furan rings is 1.